The second kappa shape index (κ2) is 9.28. The minimum atomic E-state index is -0.398. The van der Waals surface area contributed by atoms with Crippen LogP contribution in [0.15, 0.2) is 0 Å². The van der Waals surface area contributed by atoms with E-state index in [0.29, 0.717) is 26.4 Å². The summed E-state index contributed by atoms with van der Waals surface area (Å²) in [6, 6.07) is 0. The number of alkyl carbamates (subject to hydrolysis) is 1. The number of hydrogen-bond acceptors (Lipinski definition) is 4. The minimum absolute atomic E-state index is 0.0330. The predicted molar refractivity (Wildman–Crippen MR) is 47.5 cm³/mol. The van der Waals surface area contributed by atoms with Gasteiger partial charge in [-0.1, -0.05) is 0 Å². The molecule has 5 nitrogen and oxygen atoms in total. The van der Waals surface area contributed by atoms with Gasteiger partial charge in [-0.05, 0) is 13.3 Å². The molecule has 0 fully saturated rings. The van der Waals surface area contributed by atoms with Gasteiger partial charge in [0, 0.05) is 13.2 Å². The van der Waals surface area contributed by atoms with Crippen LogP contribution in [-0.4, -0.2) is 44.2 Å². The third kappa shape index (κ3) is 9.10. The van der Waals surface area contributed by atoms with Crippen molar-refractivity contribution in [1.82, 2.24) is 5.32 Å². The van der Waals surface area contributed by atoms with Crippen molar-refractivity contribution in [2.75, 3.05) is 33.0 Å². The first kappa shape index (κ1) is 12.2. The molecule has 0 saturated heterocycles. The molecule has 0 aromatic rings. The van der Waals surface area contributed by atoms with Gasteiger partial charge in [-0.25, -0.2) is 4.79 Å². The van der Waals surface area contributed by atoms with Crippen molar-refractivity contribution in [3.63, 3.8) is 0 Å². The smallest absolute Gasteiger partial charge is 0.407 e. The summed E-state index contributed by atoms with van der Waals surface area (Å²) in [5.41, 5.74) is 0. The lowest BCUT2D eigenvalue weighted by Gasteiger charge is -2.04. The molecular formula is C8H17NO4. The van der Waals surface area contributed by atoms with Gasteiger partial charge in [-0.2, -0.15) is 0 Å². The van der Waals surface area contributed by atoms with E-state index in [9.17, 15) is 4.79 Å². The third-order valence-corrected chi connectivity index (χ3v) is 1.25. The number of aliphatic hydroxyl groups is 1. The second-order valence-corrected chi connectivity index (χ2v) is 2.34. The molecule has 0 spiro atoms. The number of hydrogen-bond donors (Lipinski definition) is 2. The second-order valence-electron chi connectivity index (χ2n) is 2.34. The molecule has 0 aliphatic carbocycles. The Morgan fingerprint density at radius 3 is 2.85 bits per heavy atom. The molecule has 0 aliphatic rings. The molecule has 0 saturated carbocycles. The lowest BCUT2D eigenvalue weighted by Crippen LogP contribution is -2.26. The first-order valence-electron chi connectivity index (χ1n) is 4.40. The number of aliphatic hydroxyl groups excluding tert-OH is 1. The Morgan fingerprint density at radius 2 is 2.23 bits per heavy atom. The molecule has 0 aliphatic heterocycles. The first-order valence-corrected chi connectivity index (χ1v) is 4.40. The molecule has 0 atom stereocenters. The lowest BCUT2D eigenvalue weighted by atomic mass is 10.4. The normalized spacial score (nSPS) is 9.69. The van der Waals surface area contributed by atoms with E-state index in [1.807, 2.05) is 0 Å². The summed E-state index contributed by atoms with van der Waals surface area (Å²) in [6.07, 6.45) is 0.323. The molecule has 0 unspecified atom stereocenters. The molecule has 1 amide bonds. The van der Waals surface area contributed by atoms with Gasteiger partial charge in [0.2, 0.25) is 0 Å². The highest BCUT2D eigenvalue weighted by Crippen LogP contribution is 1.82. The van der Waals surface area contributed by atoms with Crippen LogP contribution in [0.5, 0.6) is 0 Å². The van der Waals surface area contributed by atoms with E-state index in [0.717, 1.165) is 6.42 Å². The topological polar surface area (TPSA) is 67.8 Å². The van der Waals surface area contributed by atoms with Crippen LogP contribution >= 0.6 is 0 Å². The number of nitrogens with one attached hydrogen (secondary N) is 1. The van der Waals surface area contributed by atoms with Gasteiger partial charge in [-0.3, -0.25) is 0 Å². The van der Waals surface area contributed by atoms with Gasteiger partial charge < -0.3 is 19.9 Å². The van der Waals surface area contributed by atoms with Gasteiger partial charge in [0.1, 0.15) is 0 Å². The summed E-state index contributed by atoms with van der Waals surface area (Å²) in [4.78, 5) is 10.7. The van der Waals surface area contributed by atoms with E-state index >= 15 is 0 Å². The predicted octanol–water partition coefficient (Wildman–Crippen LogP) is 0.131. The molecular weight excluding hydrogens is 174 g/mol. The third-order valence-electron chi connectivity index (χ3n) is 1.25. The zero-order chi connectivity index (χ0) is 9.94. The quantitative estimate of drug-likeness (QED) is 0.561. The highest BCUT2D eigenvalue weighted by atomic mass is 16.5. The summed E-state index contributed by atoms with van der Waals surface area (Å²) < 4.78 is 9.62. The Kier molecular flexibility index (Phi) is 8.70. The molecule has 5 heteroatoms. The molecule has 0 heterocycles. The Balaban J connectivity index is 3.02. The van der Waals surface area contributed by atoms with Gasteiger partial charge in [-0.15, -0.1) is 0 Å². The molecule has 13 heavy (non-hydrogen) atoms. The maximum absolute atomic E-state index is 10.7. The highest BCUT2D eigenvalue weighted by molar-refractivity contribution is 5.66. The molecule has 0 aromatic heterocycles. The van der Waals surface area contributed by atoms with E-state index in [4.69, 9.17) is 9.84 Å². The number of amides is 1. The van der Waals surface area contributed by atoms with Gasteiger partial charge in [0.15, 0.2) is 0 Å². The van der Waals surface area contributed by atoms with Gasteiger partial charge >= 0.3 is 6.09 Å². The Bertz CT molecular complexity index is 129. The van der Waals surface area contributed by atoms with Crippen molar-refractivity contribution in [1.29, 1.82) is 0 Å². The Labute approximate surface area is 78.0 Å². The minimum Gasteiger partial charge on any atom is -0.450 e. The van der Waals surface area contributed by atoms with Crippen molar-refractivity contribution in [3.8, 4) is 0 Å². The summed E-state index contributed by atoms with van der Waals surface area (Å²) in [5.74, 6) is 0. The van der Waals surface area contributed by atoms with Crippen LogP contribution in [0, 0.1) is 0 Å². The van der Waals surface area contributed by atoms with E-state index in [-0.39, 0.29) is 6.61 Å². The molecule has 78 valence electrons. The fourth-order valence-corrected chi connectivity index (χ4v) is 0.713. The maximum Gasteiger partial charge on any atom is 0.407 e. The number of carbonyl (C=O) groups is 1. The van der Waals surface area contributed by atoms with Crippen LogP contribution in [0.4, 0.5) is 4.79 Å². The van der Waals surface area contributed by atoms with Crippen LogP contribution in [0.25, 0.3) is 0 Å². The van der Waals surface area contributed by atoms with Crippen LogP contribution < -0.4 is 5.32 Å². The highest BCUT2D eigenvalue weighted by Gasteiger charge is 1.97. The number of ether oxygens (including phenoxy) is 2. The van der Waals surface area contributed by atoms with Crippen molar-refractivity contribution in [2.45, 2.75) is 13.3 Å². The first-order chi connectivity index (χ1) is 6.31. The summed E-state index contributed by atoms with van der Waals surface area (Å²) in [5, 5.41) is 10.9. The van der Waals surface area contributed by atoms with Gasteiger partial charge in [0.25, 0.3) is 0 Å². The zero-order valence-electron chi connectivity index (χ0n) is 7.91. The average Bonchev–Trinajstić information content (AvgIpc) is 2.11. The number of carbonyl (C=O) groups excluding carboxylic acids is 1. The van der Waals surface area contributed by atoms with Crippen LogP contribution in [-0.2, 0) is 9.47 Å². The van der Waals surface area contributed by atoms with Crippen molar-refractivity contribution in [2.24, 2.45) is 0 Å². The SMILES string of the molecule is CCOC(=O)NCCCOCCO. The standard InChI is InChI=1S/C8H17NO4/c1-2-13-8(11)9-4-3-6-12-7-5-10/h10H,2-7H2,1H3,(H,9,11). The van der Waals surface area contributed by atoms with E-state index < -0.39 is 6.09 Å². The molecule has 0 aromatic carbocycles. The average molecular weight is 191 g/mol. The fraction of sp³-hybridized carbons (Fsp3) is 0.875. The van der Waals surface area contributed by atoms with Crippen molar-refractivity contribution >= 4 is 6.09 Å². The summed E-state index contributed by atoms with van der Waals surface area (Å²) in [6.45, 7) is 3.58. The van der Waals surface area contributed by atoms with Gasteiger partial charge in [0.05, 0.1) is 19.8 Å². The summed E-state index contributed by atoms with van der Waals surface area (Å²) >= 11 is 0. The monoisotopic (exact) mass is 191 g/mol. The number of rotatable bonds is 7. The molecule has 0 radical (unpaired) electrons. The largest absolute Gasteiger partial charge is 0.450 e. The Hall–Kier alpha value is -0.810. The molecule has 0 rings (SSSR count). The maximum atomic E-state index is 10.7. The zero-order valence-corrected chi connectivity index (χ0v) is 7.91. The van der Waals surface area contributed by atoms with E-state index in [2.05, 4.69) is 10.1 Å². The lowest BCUT2D eigenvalue weighted by molar-refractivity contribution is 0.0900. The van der Waals surface area contributed by atoms with Crippen LogP contribution in [0.2, 0.25) is 0 Å². The molecule has 2 N–H and O–H groups in total. The van der Waals surface area contributed by atoms with Crippen molar-refractivity contribution < 1.29 is 19.4 Å². The van der Waals surface area contributed by atoms with E-state index in [1.54, 1.807) is 6.92 Å². The fourth-order valence-electron chi connectivity index (χ4n) is 0.713. The van der Waals surface area contributed by atoms with E-state index in [1.165, 1.54) is 0 Å². The molecule has 0 bridgehead atoms. The van der Waals surface area contributed by atoms with Crippen LogP contribution in [0.3, 0.4) is 0 Å². The van der Waals surface area contributed by atoms with Crippen LogP contribution in [0.1, 0.15) is 13.3 Å². The Morgan fingerprint density at radius 1 is 1.46 bits per heavy atom. The summed E-state index contributed by atoms with van der Waals surface area (Å²) in [7, 11) is 0. The van der Waals surface area contributed by atoms with Crippen molar-refractivity contribution in [3.05, 3.63) is 0 Å².